The second kappa shape index (κ2) is 12.3. The van der Waals surface area contributed by atoms with Crippen LogP contribution in [0.4, 0.5) is 25.0 Å². The van der Waals surface area contributed by atoms with E-state index in [1.807, 2.05) is 4.90 Å². The van der Waals surface area contributed by atoms with Crippen LogP contribution in [0.1, 0.15) is 19.3 Å². The number of alkyl halides is 3. The molecule has 1 atom stereocenters. The Labute approximate surface area is 241 Å². The number of aryl methyl sites for hydroxylation is 1. The molecule has 5 rings (SSSR count). The number of aliphatic hydroxyl groups is 1. The maximum atomic E-state index is 12.3. The smallest absolute Gasteiger partial charge is 0.491 e. The van der Waals surface area contributed by atoms with Gasteiger partial charge in [-0.15, -0.1) is 13.2 Å². The molecule has 0 radical (unpaired) electrons. The van der Waals surface area contributed by atoms with Crippen molar-refractivity contribution in [3.8, 4) is 17.2 Å². The van der Waals surface area contributed by atoms with Crippen molar-refractivity contribution in [3.05, 3.63) is 64.1 Å². The average Bonchev–Trinajstić information content (AvgIpc) is 3.54. The Balaban J connectivity index is 1.09. The Hall–Kier alpha value is -4.24. The topological polar surface area (TPSA) is 138 Å². The van der Waals surface area contributed by atoms with Crippen molar-refractivity contribution in [2.24, 2.45) is 0 Å². The van der Waals surface area contributed by atoms with E-state index in [9.17, 15) is 28.4 Å². The molecule has 12 nitrogen and oxygen atoms in total. The predicted octanol–water partition coefficient (Wildman–Crippen LogP) is 5.36. The summed E-state index contributed by atoms with van der Waals surface area (Å²) >= 11 is 5.90. The molecule has 4 aromatic rings. The van der Waals surface area contributed by atoms with Gasteiger partial charge in [-0.25, -0.2) is 0 Å². The van der Waals surface area contributed by atoms with Crippen LogP contribution in [-0.2, 0) is 6.54 Å². The summed E-state index contributed by atoms with van der Waals surface area (Å²) in [7, 11) is 0. The highest BCUT2D eigenvalue weighted by atomic mass is 35.5. The van der Waals surface area contributed by atoms with Gasteiger partial charge in [-0.2, -0.15) is 4.98 Å². The van der Waals surface area contributed by atoms with Gasteiger partial charge in [0.1, 0.15) is 41.7 Å². The minimum atomic E-state index is -4.75. The van der Waals surface area contributed by atoms with Gasteiger partial charge in [-0.05, 0) is 64.3 Å². The summed E-state index contributed by atoms with van der Waals surface area (Å²) in [4.78, 5) is 20.4. The highest BCUT2D eigenvalue weighted by molar-refractivity contribution is 6.28. The summed E-state index contributed by atoms with van der Waals surface area (Å²) in [6.07, 6.45) is -2.97. The number of aliphatic hydroxyl groups excluding tert-OH is 1. The van der Waals surface area contributed by atoms with Crippen LogP contribution in [0, 0.1) is 10.1 Å². The van der Waals surface area contributed by atoms with E-state index in [2.05, 4.69) is 14.7 Å². The van der Waals surface area contributed by atoms with Crippen molar-refractivity contribution < 1.29 is 41.8 Å². The van der Waals surface area contributed by atoms with Crippen LogP contribution in [0.5, 0.6) is 17.2 Å². The molecule has 1 aliphatic heterocycles. The van der Waals surface area contributed by atoms with Gasteiger partial charge in [0.2, 0.25) is 0 Å². The Morgan fingerprint density at radius 2 is 1.81 bits per heavy atom. The van der Waals surface area contributed by atoms with Crippen LogP contribution in [0.2, 0.25) is 5.28 Å². The molecular formula is C26H25ClF3N5O7. The Morgan fingerprint density at radius 3 is 2.48 bits per heavy atom. The highest BCUT2D eigenvalue weighted by Crippen LogP contribution is 2.30. The number of rotatable bonds is 11. The molecule has 16 heteroatoms. The minimum absolute atomic E-state index is 0.0176. The van der Waals surface area contributed by atoms with Crippen molar-refractivity contribution in [1.29, 1.82) is 0 Å². The molecule has 1 saturated heterocycles. The summed E-state index contributed by atoms with van der Waals surface area (Å²) in [5.74, 6) is 0.265. The summed E-state index contributed by atoms with van der Waals surface area (Å²) in [6, 6.07) is 10.9. The summed E-state index contributed by atoms with van der Waals surface area (Å²) in [5, 5.41) is 21.1. The number of aromatic nitrogens is 3. The van der Waals surface area contributed by atoms with Crippen LogP contribution in [0.15, 0.2) is 53.1 Å². The molecular weight excluding hydrogens is 587 g/mol. The molecule has 0 bridgehead atoms. The van der Waals surface area contributed by atoms with Gasteiger partial charge in [0.05, 0.1) is 6.10 Å². The lowest BCUT2D eigenvalue weighted by Gasteiger charge is -2.31. The van der Waals surface area contributed by atoms with Crippen LogP contribution >= 0.6 is 11.6 Å². The Kier molecular flexibility index (Phi) is 8.59. The van der Waals surface area contributed by atoms with Crippen molar-refractivity contribution in [2.45, 2.75) is 44.4 Å². The zero-order chi connectivity index (χ0) is 29.9. The molecule has 3 heterocycles. The summed E-state index contributed by atoms with van der Waals surface area (Å²) in [5.41, 5.74) is 1.14. The first-order valence-corrected chi connectivity index (χ1v) is 13.3. The maximum Gasteiger partial charge on any atom is 0.573 e. The molecule has 0 amide bonds. The summed E-state index contributed by atoms with van der Waals surface area (Å²) in [6.45, 7) is 1.41. The van der Waals surface area contributed by atoms with Crippen molar-refractivity contribution >= 4 is 34.5 Å². The van der Waals surface area contributed by atoms with Gasteiger partial charge in [0.15, 0.2) is 5.58 Å². The van der Waals surface area contributed by atoms with Gasteiger partial charge >= 0.3 is 17.5 Å². The first-order valence-electron chi connectivity index (χ1n) is 12.9. The predicted molar refractivity (Wildman–Crippen MR) is 143 cm³/mol. The second-order valence-corrected chi connectivity index (χ2v) is 9.86. The number of halogens is 4. The molecule has 2 aromatic carbocycles. The number of piperidine rings is 1. The third-order valence-corrected chi connectivity index (χ3v) is 6.77. The number of oxazole rings is 1. The molecule has 0 saturated carbocycles. The fraction of sp³-hybridized carbons (Fsp3) is 0.385. The first kappa shape index (κ1) is 29.3. The zero-order valence-corrected chi connectivity index (χ0v) is 22.6. The quantitative estimate of drug-likeness (QED) is 0.174. The Morgan fingerprint density at radius 1 is 1.12 bits per heavy atom. The van der Waals surface area contributed by atoms with Crippen LogP contribution < -0.4 is 19.1 Å². The van der Waals surface area contributed by atoms with Crippen LogP contribution in [0.3, 0.4) is 0 Å². The molecule has 0 unspecified atom stereocenters. The van der Waals surface area contributed by atoms with Gasteiger partial charge < -0.3 is 38.7 Å². The minimum Gasteiger partial charge on any atom is -0.491 e. The third-order valence-electron chi connectivity index (χ3n) is 6.47. The van der Waals surface area contributed by atoms with E-state index in [4.69, 9.17) is 25.5 Å². The molecule has 0 spiro atoms. The number of imidazole rings is 1. The van der Waals surface area contributed by atoms with Gasteiger partial charge in [-0.1, -0.05) is 0 Å². The Bertz CT molecular complexity index is 1520. The molecule has 0 aliphatic carbocycles. The monoisotopic (exact) mass is 611 g/mol. The fourth-order valence-electron chi connectivity index (χ4n) is 4.39. The number of hydrogen-bond acceptors (Lipinski definition) is 10. The van der Waals surface area contributed by atoms with Gasteiger partial charge in [0, 0.05) is 38.5 Å². The van der Waals surface area contributed by atoms with E-state index in [-0.39, 0.29) is 42.5 Å². The zero-order valence-electron chi connectivity index (χ0n) is 21.9. The van der Waals surface area contributed by atoms with E-state index in [0.29, 0.717) is 54.5 Å². The molecule has 224 valence electrons. The number of nitrogens with zero attached hydrogens (tertiary/aromatic N) is 5. The number of nitro groups is 1. The number of anilines is 1. The number of fused-ring (bicyclic) bond motifs is 1. The molecule has 2 aromatic heterocycles. The lowest BCUT2D eigenvalue weighted by molar-refractivity contribution is -0.389. The van der Waals surface area contributed by atoms with Crippen molar-refractivity contribution in [3.63, 3.8) is 0 Å². The van der Waals surface area contributed by atoms with Crippen LogP contribution in [0.25, 0.3) is 11.1 Å². The summed E-state index contributed by atoms with van der Waals surface area (Å²) < 4.78 is 59.8. The number of hydrogen-bond donors (Lipinski definition) is 1. The molecule has 42 heavy (non-hydrogen) atoms. The van der Waals surface area contributed by atoms with E-state index >= 15 is 0 Å². The van der Waals surface area contributed by atoms with Crippen molar-refractivity contribution in [2.75, 3.05) is 24.6 Å². The lowest BCUT2D eigenvalue weighted by atomic mass is 10.1. The average molecular weight is 612 g/mol. The lowest BCUT2D eigenvalue weighted by Crippen LogP contribution is -2.38. The highest BCUT2D eigenvalue weighted by Gasteiger charge is 2.31. The largest absolute Gasteiger partial charge is 0.573 e. The van der Waals surface area contributed by atoms with E-state index < -0.39 is 17.4 Å². The SMILES string of the molecule is O=[N+]([O-])c1cn(CC[C@@H](O)COc2ccc3oc(N4CCC(Oc5ccc(OC(F)(F)F)cc5)CC4)nc3c2)c(Cl)n1. The van der Waals surface area contributed by atoms with E-state index in [1.54, 1.807) is 18.2 Å². The third kappa shape index (κ3) is 7.53. The maximum absolute atomic E-state index is 12.3. The molecule has 1 fully saturated rings. The second-order valence-electron chi connectivity index (χ2n) is 9.52. The number of ether oxygens (including phenoxy) is 3. The van der Waals surface area contributed by atoms with Gasteiger partial charge in [0.25, 0.3) is 6.01 Å². The van der Waals surface area contributed by atoms with E-state index in [0.717, 1.165) is 0 Å². The normalized spacial score (nSPS) is 15.1. The van der Waals surface area contributed by atoms with Gasteiger partial charge in [-0.3, -0.25) is 4.57 Å². The van der Waals surface area contributed by atoms with Crippen LogP contribution in [-0.4, -0.2) is 62.8 Å². The van der Waals surface area contributed by atoms with Crippen molar-refractivity contribution in [1.82, 2.24) is 14.5 Å². The molecule has 1 aliphatic rings. The van der Waals surface area contributed by atoms with E-state index in [1.165, 1.54) is 35.0 Å². The fourth-order valence-corrected chi connectivity index (χ4v) is 4.61. The number of benzene rings is 2. The molecule has 1 N–H and O–H groups in total. The first-order chi connectivity index (χ1) is 20.0. The standard InChI is InChI=1S/C26H25ClF3N5O7/c27-24-32-23(35(37)38)14-34(24)10-7-16(36)15-39-20-5-6-22-21(13-20)31-25(41-22)33-11-8-18(9-12-33)40-17-1-3-19(4-2-17)42-26(28,29)30/h1-6,13-14,16,18,36H,7-12,15H2/t16-/m1/s1.